The number of thioether (sulfide) groups is 1. The van der Waals surface area contributed by atoms with Crippen LogP contribution in [-0.2, 0) is 10.5 Å². The molecule has 0 radical (unpaired) electrons. The molecule has 0 aliphatic rings. The summed E-state index contributed by atoms with van der Waals surface area (Å²) in [5.41, 5.74) is 6.38. The lowest BCUT2D eigenvalue weighted by molar-refractivity contribution is 0.168. The minimum Gasteiger partial charge on any atom is -0.450 e. The van der Waals surface area contributed by atoms with Crippen LogP contribution in [0.5, 0.6) is 0 Å². The number of aromatic nitrogens is 1. The van der Waals surface area contributed by atoms with Crippen LogP contribution in [0.4, 0.5) is 35.7 Å². The Hall–Kier alpha value is -2.21. The van der Waals surface area contributed by atoms with Crippen LogP contribution in [0.2, 0.25) is 0 Å². The van der Waals surface area contributed by atoms with E-state index in [2.05, 4.69) is 10.3 Å². The Labute approximate surface area is 156 Å². The van der Waals surface area contributed by atoms with Gasteiger partial charge in [-0.1, -0.05) is 31.6 Å². The molecule has 1 aromatic carbocycles. The highest BCUT2D eigenvalue weighted by Gasteiger charge is 2.65. The summed E-state index contributed by atoms with van der Waals surface area (Å²) < 4.78 is 68.1. The molecule has 2 aromatic rings. The number of nitrogens with two attached hydrogens (primary N) is 1. The molecule has 0 saturated carbocycles. The first-order valence-electron chi connectivity index (χ1n) is 7.44. The van der Waals surface area contributed by atoms with Gasteiger partial charge in [0.2, 0.25) is 0 Å². The van der Waals surface area contributed by atoms with E-state index in [4.69, 9.17) is 10.5 Å². The summed E-state index contributed by atoms with van der Waals surface area (Å²) in [5, 5.41) is 2.85. The largest absolute Gasteiger partial charge is 0.450 e. The standard InChI is InChI=1S/C15H16F5N3O2S2/c1-2-25-15(24)22-12-7-8-13(23-14(12)21)26-9-10-3-5-11(6-4-10)27(16,17,18,19)20/h3-8H,2,9H2,1H3,(H2,21,23)(H,22,24). The van der Waals surface area contributed by atoms with Gasteiger partial charge in [-0.3, -0.25) is 5.32 Å². The average molecular weight is 429 g/mol. The Balaban J connectivity index is 2.03. The number of nitrogens with zero attached hydrogens (tertiary/aromatic N) is 1. The maximum absolute atomic E-state index is 12.7. The lowest BCUT2D eigenvalue weighted by atomic mass is 10.2. The highest BCUT2D eigenvalue weighted by molar-refractivity contribution is 8.45. The van der Waals surface area contributed by atoms with Gasteiger partial charge in [-0.25, -0.2) is 9.78 Å². The van der Waals surface area contributed by atoms with Crippen LogP contribution in [0.1, 0.15) is 12.5 Å². The zero-order chi connectivity index (χ0) is 20.4. The van der Waals surface area contributed by atoms with Crippen LogP contribution in [0.25, 0.3) is 0 Å². The summed E-state index contributed by atoms with van der Waals surface area (Å²) in [6.07, 6.45) is -0.685. The lowest BCUT2D eigenvalue weighted by Crippen LogP contribution is -2.15. The maximum Gasteiger partial charge on any atom is 0.411 e. The van der Waals surface area contributed by atoms with Gasteiger partial charge in [-0.2, -0.15) is 0 Å². The molecule has 3 N–H and O–H groups in total. The molecule has 1 heterocycles. The Morgan fingerprint density at radius 1 is 1.15 bits per heavy atom. The molecule has 5 nitrogen and oxygen atoms in total. The molecule has 0 spiro atoms. The number of carbonyl (C=O) groups is 1. The van der Waals surface area contributed by atoms with E-state index in [9.17, 15) is 24.2 Å². The number of hydrogen-bond acceptors (Lipinski definition) is 5. The van der Waals surface area contributed by atoms with E-state index in [0.29, 0.717) is 22.7 Å². The number of anilines is 2. The van der Waals surface area contributed by atoms with E-state index in [-0.39, 0.29) is 23.9 Å². The lowest BCUT2D eigenvalue weighted by Gasteiger charge is -2.40. The van der Waals surface area contributed by atoms with Crippen LogP contribution in [0.3, 0.4) is 0 Å². The first-order chi connectivity index (χ1) is 12.3. The number of hydrogen-bond donors (Lipinski definition) is 2. The summed E-state index contributed by atoms with van der Waals surface area (Å²) >= 11 is 1.14. The summed E-state index contributed by atoms with van der Waals surface area (Å²) in [7, 11) is -9.66. The van der Waals surface area contributed by atoms with Crippen LogP contribution in [0.15, 0.2) is 46.3 Å². The molecule has 1 aromatic heterocycles. The number of carbonyl (C=O) groups excluding carboxylic acids is 1. The Bertz CT molecular complexity index is 845. The molecule has 150 valence electrons. The van der Waals surface area contributed by atoms with Crippen molar-refractivity contribution in [3.05, 3.63) is 42.0 Å². The number of rotatable bonds is 6. The fourth-order valence-electron chi connectivity index (χ4n) is 1.92. The molecular formula is C15H16F5N3O2S2. The number of nitrogen functional groups attached to an aromatic ring is 1. The number of amides is 1. The van der Waals surface area contributed by atoms with Crippen molar-refractivity contribution in [1.29, 1.82) is 0 Å². The van der Waals surface area contributed by atoms with Crippen molar-refractivity contribution in [2.24, 2.45) is 0 Å². The van der Waals surface area contributed by atoms with Crippen molar-refractivity contribution in [1.82, 2.24) is 4.98 Å². The number of pyridine rings is 1. The molecule has 27 heavy (non-hydrogen) atoms. The minimum absolute atomic E-state index is 0.0318. The number of ether oxygens (including phenoxy) is 1. The normalized spacial score (nSPS) is 14.1. The molecular weight excluding hydrogens is 413 g/mol. The summed E-state index contributed by atoms with van der Waals surface area (Å²) in [4.78, 5) is 13.5. The molecule has 12 heteroatoms. The van der Waals surface area contributed by atoms with E-state index < -0.39 is 21.2 Å². The van der Waals surface area contributed by atoms with E-state index in [1.165, 1.54) is 6.07 Å². The van der Waals surface area contributed by atoms with Crippen LogP contribution < -0.4 is 11.1 Å². The molecule has 0 aliphatic carbocycles. The molecule has 0 bridgehead atoms. The zero-order valence-electron chi connectivity index (χ0n) is 13.9. The Morgan fingerprint density at radius 3 is 2.30 bits per heavy atom. The van der Waals surface area contributed by atoms with Crippen molar-refractivity contribution < 1.29 is 29.0 Å². The topological polar surface area (TPSA) is 77.2 Å². The minimum atomic E-state index is -9.66. The summed E-state index contributed by atoms with van der Waals surface area (Å²) in [6.45, 7) is 1.83. The Kier molecular flexibility index (Phi) is 5.27. The highest BCUT2D eigenvalue weighted by atomic mass is 32.5. The van der Waals surface area contributed by atoms with Gasteiger partial charge in [-0.15, -0.1) is 11.8 Å². The van der Waals surface area contributed by atoms with E-state index >= 15 is 0 Å². The van der Waals surface area contributed by atoms with Gasteiger partial charge in [0.1, 0.15) is 10.7 Å². The second kappa shape index (κ2) is 6.75. The van der Waals surface area contributed by atoms with Crippen molar-refractivity contribution in [3.8, 4) is 0 Å². The third-order valence-electron chi connectivity index (χ3n) is 3.17. The van der Waals surface area contributed by atoms with Gasteiger partial charge in [0.15, 0.2) is 0 Å². The summed E-state index contributed by atoms with van der Waals surface area (Å²) in [6, 6.07) is 5.75. The molecule has 0 atom stereocenters. The van der Waals surface area contributed by atoms with Crippen molar-refractivity contribution >= 4 is 39.6 Å². The van der Waals surface area contributed by atoms with Gasteiger partial charge >= 0.3 is 16.3 Å². The van der Waals surface area contributed by atoms with Crippen LogP contribution >= 0.6 is 22.0 Å². The predicted octanol–water partition coefficient (Wildman–Crippen LogP) is 6.18. The first-order valence-corrected chi connectivity index (χ1v) is 10.4. The number of nitrogens with one attached hydrogen (secondary N) is 1. The van der Waals surface area contributed by atoms with Crippen molar-refractivity contribution in [2.75, 3.05) is 17.7 Å². The average Bonchev–Trinajstić information content (AvgIpc) is 2.54. The molecule has 0 fully saturated rings. The third kappa shape index (κ3) is 6.17. The fraction of sp³-hybridized carbons (Fsp3) is 0.200. The molecule has 0 saturated heterocycles. The molecule has 0 aliphatic heterocycles. The van der Waals surface area contributed by atoms with Gasteiger partial charge < -0.3 is 10.5 Å². The smallest absolute Gasteiger partial charge is 0.411 e. The van der Waals surface area contributed by atoms with Gasteiger partial charge in [-0.05, 0) is 36.8 Å². The van der Waals surface area contributed by atoms with E-state index in [1.54, 1.807) is 13.0 Å². The van der Waals surface area contributed by atoms with Crippen molar-refractivity contribution in [2.45, 2.75) is 22.6 Å². The van der Waals surface area contributed by atoms with Gasteiger partial charge in [0, 0.05) is 5.75 Å². The molecule has 1 amide bonds. The third-order valence-corrected chi connectivity index (χ3v) is 5.33. The predicted molar refractivity (Wildman–Crippen MR) is 96.7 cm³/mol. The molecule has 0 unspecified atom stereocenters. The first kappa shape index (κ1) is 21.1. The quantitative estimate of drug-likeness (QED) is 0.423. The molecule has 2 rings (SSSR count). The van der Waals surface area contributed by atoms with Crippen molar-refractivity contribution in [3.63, 3.8) is 0 Å². The zero-order valence-corrected chi connectivity index (χ0v) is 15.6. The van der Waals surface area contributed by atoms with E-state index in [1.807, 2.05) is 0 Å². The second-order valence-corrected chi connectivity index (χ2v) is 8.73. The van der Waals surface area contributed by atoms with Gasteiger partial charge in [0.05, 0.1) is 17.3 Å². The Morgan fingerprint density at radius 2 is 1.78 bits per heavy atom. The second-order valence-electron chi connectivity index (χ2n) is 5.33. The maximum atomic E-state index is 12.7. The van der Waals surface area contributed by atoms with Crippen LogP contribution in [0, 0.1) is 0 Å². The highest BCUT2D eigenvalue weighted by Crippen LogP contribution is 3.02. The number of halogens is 5. The van der Waals surface area contributed by atoms with E-state index in [0.717, 1.165) is 23.9 Å². The monoisotopic (exact) mass is 429 g/mol. The van der Waals surface area contributed by atoms with Gasteiger partial charge in [0.25, 0.3) is 0 Å². The fourth-order valence-corrected chi connectivity index (χ4v) is 3.40. The number of benzene rings is 1. The SMILES string of the molecule is CCOC(=O)Nc1ccc(SCc2ccc(S(F)(F)(F)(F)F)cc2)nc1N. The summed E-state index contributed by atoms with van der Waals surface area (Å²) in [5.74, 6) is 0.224. The van der Waals surface area contributed by atoms with Crippen LogP contribution in [-0.4, -0.2) is 17.7 Å².